The number of aromatic nitrogens is 4. The summed E-state index contributed by atoms with van der Waals surface area (Å²) in [4.78, 5) is 13.1. The second kappa shape index (κ2) is 7.20. The van der Waals surface area contributed by atoms with Crippen molar-refractivity contribution in [3.05, 3.63) is 72.6 Å². The predicted octanol–water partition coefficient (Wildman–Crippen LogP) is 3.52. The number of anilines is 1. The van der Waals surface area contributed by atoms with Crippen LogP contribution in [0.5, 0.6) is 0 Å². The van der Waals surface area contributed by atoms with Gasteiger partial charge in [0.1, 0.15) is 11.5 Å². The van der Waals surface area contributed by atoms with Crippen molar-refractivity contribution in [2.45, 2.75) is 37.3 Å². The molecule has 164 valence electrons. The van der Waals surface area contributed by atoms with Gasteiger partial charge >= 0.3 is 6.03 Å². The molecule has 5 rings (SSSR count). The molecule has 0 radical (unpaired) electrons. The molecule has 8 heteroatoms. The van der Waals surface area contributed by atoms with Crippen LogP contribution in [0.3, 0.4) is 0 Å². The average Bonchev–Trinajstić information content (AvgIpc) is 3.32. The largest absolute Gasteiger partial charge is 0.390 e. The van der Waals surface area contributed by atoms with E-state index in [-0.39, 0.29) is 5.41 Å². The Balaban J connectivity index is 1.44. The zero-order valence-corrected chi connectivity index (χ0v) is 18.2. The number of nitrogens with zero attached hydrogens (tertiary/aromatic N) is 4. The Morgan fingerprint density at radius 2 is 2.09 bits per heavy atom. The highest BCUT2D eigenvalue weighted by molar-refractivity contribution is 5.92. The van der Waals surface area contributed by atoms with Crippen LogP contribution >= 0.6 is 0 Å². The molecule has 0 aliphatic heterocycles. The van der Waals surface area contributed by atoms with Crippen molar-refractivity contribution in [3.8, 4) is 11.3 Å². The molecular formula is C24H26N6O2. The Kier molecular flexibility index (Phi) is 4.56. The fourth-order valence-corrected chi connectivity index (χ4v) is 4.77. The molecule has 32 heavy (non-hydrogen) atoms. The minimum atomic E-state index is -0.647. The van der Waals surface area contributed by atoms with Gasteiger partial charge in [-0.3, -0.25) is 10.00 Å². The van der Waals surface area contributed by atoms with E-state index in [1.54, 1.807) is 21.6 Å². The van der Waals surface area contributed by atoms with Gasteiger partial charge in [0.05, 0.1) is 24.0 Å². The lowest BCUT2D eigenvalue weighted by Crippen LogP contribution is -2.39. The van der Waals surface area contributed by atoms with Crippen molar-refractivity contribution in [3.63, 3.8) is 0 Å². The van der Waals surface area contributed by atoms with Gasteiger partial charge in [0, 0.05) is 29.8 Å². The predicted molar refractivity (Wildman–Crippen MR) is 123 cm³/mol. The van der Waals surface area contributed by atoms with E-state index in [2.05, 4.69) is 40.1 Å². The maximum Gasteiger partial charge on any atom is 0.320 e. The van der Waals surface area contributed by atoms with E-state index in [1.807, 2.05) is 38.4 Å². The first-order valence-corrected chi connectivity index (χ1v) is 10.6. The Hall–Kier alpha value is -3.65. The van der Waals surface area contributed by atoms with Crippen molar-refractivity contribution in [1.29, 1.82) is 0 Å². The summed E-state index contributed by atoms with van der Waals surface area (Å²) in [6.07, 6.45) is 6.39. The molecule has 1 spiro atoms. The van der Waals surface area contributed by atoms with Crippen LogP contribution in [-0.2, 0) is 12.5 Å². The molecule has 1 aromatic carbocycles. The van der Waals surface area contributed by atoms with Crippen LogP contribution in [0.25, 0.3) is 17.0 Å². The highest BCUT2D eigenvalue weighted by Crippen LogP contribution is 2.59. The van der Waals surface area contributed by atoms with Gasteiger partial charge in [0.2, 0.25) is 0 Å². The first-order chi connectivity index (χ1) is 15.4. The fourth-order valence-electron chi connectivity index (χ4n) is 4.77. The zero-order valence-electron chi connectivity index (χ0n) is 18.2. The third-order valence-corrected chi connectivity index (χ3v) is 6.63. The molecule has 2 aliphatic carbocycles. The molecular weight excluding hydrogens is 404 g/mol. The summed E-state index contributed by atoms with van der Waals surface area (Å²) in [7, 11) is 1.84. The molecule has 0 unspecified atom stereocenters. The van der Waals surface area contributed by atoms with E-state index >= 15 is 0 Å². The van der Waals surface area contributed by atoms with Crippen LogP contribution in [-0.4, -0.2) is 36.8 Å². The van der Waals surface area contributed by atoms with Crippen molar-refractivity contribution in [2.75, 3.05) is 5.32 Å². The van der Waals surface area contributed by atoms with Gasteiger partial charge < -0.3 is 10.4 Å². The van der Waals surface area contributed by atoms with Gasteiger partial charge in [-0.05, 0) is 37.0 Å². The number of amides is 2. The van der Waals surface area contributed by atoms with E-state index in [9.17, 15) is 9.90 Å². The molecule has 8 nitrogen and oxygen atoms in total. The number of aryl methyl sites for hydroxylation is 1. The van der Waals surface area contributed by atoms with Crippen molar-refractivity contribution in [2.24, 2.45) is 7.05 Å². The van der Waals surface area contributed by atoms with E-state index in [0.29, 0.717) is 17.2 Å². The Bertz CT molecular complexity index is 1250. The lowest BCUT2D eigenvalue weighted by atomic mass is 9.97. The van der Waals surface area contributed by atoms with Crippen molar-refractivity contribution in [1.82, 2.24) is 24.9 Å². The van der Waals surface area contributed by atoms with Gasteiger partial charge in [0.25, 0.3) is 0 Å². The Morgan fingerprint density at radius 3 is 2.75 bits per heavy atom. The monoisotopic (exact) mass is 430 g/mol. The highest BCUT2D eigenvalue weighted by atomic mass is 16.3. The molecule has 1 saturated carbocycles. The highest BCUT2D eigenvalue weighted by Gasteiger charge is 2.59. The van der Waals surface area contributed by atoms with Gasteiger partial charge in [-0.25, -0.2) is 9.48 Å². The molecule has 3 N–H and O–H groups in total. The summed E-state index contributed by atoms with van der Waals surface area (Å²) in [5.41, 5.74) is 4.72. The molecule has 3 aromatic rings. The van der Waals surface area contributed by atoms with Crippen LogP contribution in [0.4, 0.5) is 10.6 Å². The maximum atomic E-state index is 13.1. The minimum absolute atomic E-state index is 0.225. The number of hydrogen-bond donors (Lipinski definition) is 3. The zero-order chi connectivity index (χ0) is 22.6. The first kappa shape index (κ1) is 20.3. The number of allylic oxidation sites excluding steroid dienone is 2. The standard InChI is InChI=1S/C24H26N6O2/c1-5-14(2)30-22(15(3)19(28-30)16-12-25-29(4)13-16)27-23(32)26-20-17-8-6-7-9-18(17)24(10-11-24)21(20)31/h5-9,12-13,20-21,31H,1-2,10-11H2,3-4H3,(H2,26,27,32)/t20-,21+/m1/s1. The number of aliphatic hydroxyl groups is 1. The summed E-state index contributed by atoms with van der Waals surface area (Å²) in [5.74, 6) is 0.494. The number of hydrogen-bond acceptors (Lipinski definition) is 4. The molecule has 0 saturated heterocycles. The summed E-state index contributed by atoms with van der Waals surface area (Å²) >= 11 is 0. The van der Waals surface area contributed by atoms with Crippen LogP contribution in [0.15, 0.2) is 55.9 Å². The number of fused-ring (bicyclic) bond motifs is 2. The number of aliphatic hydroxyl groups excluding tert-OH is 1. The van der Waals surface area contributed by atoms with E-state index < -0.39 is 18.2 Å². The van der Waals surface area contributed by atoms with E-state index in [1.165, 1.54) is 0 Å². The van der Waals surface area contributed by atoms with Gasteiger partial charge in [-0.1, -0.05) is 37.4 Å². The number of benzene rings is 1. The molecule has 2 aliphatic rings. The number of nitrogens with one attached hydrogen (secondary N) is 2. The van der Waals surface area contributed by atoms with E-state index in [0.717, 1.165) is 35.1 Å². The molecule has 1 fully saturated rings. The molecule has 2 atom stereocenters. The normalized spacial score (nSPS) is 20.1. The molecule has 2 amide bonds. The number of rotatable bonds is 5. The van der Waals surface area contributed by atoms with Crippen molar-refractivity contribution >= 4 is 17.5 Å². The average molecular weight is 431 g/mol. The first-order valence-electron chi connectivity index (χ1n) is 10.6. The summed E-state index contributed by atoms with van der Waals surface area (Å²) < 4.78 is 3.26. The smallest absolute Gasteiger partial charge is 0.320 e. The molecule has 0 bridgehead atoms. The molecule has 2 heterocycles. The van der Waals surface area contributed by atoms with Crippen molar-refractivity contribution < 1.29 is 9.90 Å². The quantitative estimate of drug-likeness (QED) is 0.540. The van der Waals surface area contributed by atoms with Crippen LogP contribution in [0, 0.1) is 6.92 Å². The van der Waals surface area contributed by atoms with Gasteiger partial charge in [-0.2, -0.15) is 10.2 Å². The number of carbonyl (C=O) groups excluding carboxylic acids is 1. The van der Waals surface area contributed by atoms with E-state index in [4.69, 9.17) is 0 Å². The van der Waals surface area contributed by atoms with Crippen LogP contribution in [0.1, 0.15) is 35.6 Å². The second-order valence-corrected chi connectivity index (χ2v) is 8.60. The topological polar surface area (TPSA) is 97.0 Å². The van der Waals surface area contributed by atoms with Crippen LogP contribution in [0.2, 0.25) is 0 Å². The second-order valence-electron chi connectivity index (χ2n) is 8.60. The van der Waals surface area contributed by atoms with Crippen LogP contribution < -0.4 is 10.6 Å². The lowest BCUT2D eigenvalue weighted by molar-refractivity contribution is 0.109. The summed E-state index contributed by atoms with van der Waals surface area (Å²) in [5, 5.41) is 25.8. The third kappa shape index (κ3) is 2.98. The third-order valence-electron chi connectivity index (χ3n) is 6.63. The lowest BCUT2D eigenvalue weighted by Gasteiger charge is -2.21. The van der Waals surface area contributed by atoms with Gasteiger partial charge in [-0.15, -0.1) is 0 Å². The maximum absolute atomic E-state index is 13.1. The SMILES string of the molecule is C=CC(=C)n1nc(-c2cnn(C)c2)c(C)c1NC(=O)N[C@@H]1c2ccccc2C2(CC2)[C@H]1O. The Morgan fingerprint density at radius 1 is 1.34 bits per heavy atom. The number of carbonyl (C=O) groups is 1. The fraction of sp³-hybridized carbons (Fsp3) is 0.292. The number of urea groups is 1. The summed E-state index contributed by atoms with van der Waals surface area (Å²) in [6.45, 7) is 9.65. The summed E-state index contributed by atoms with van der Waals surface area (Å²) in [6, 6.07) is 7.07. The minimum Gasteiger partial charge on any atom is -0.390 e. The van der Waals surface area contributed by atoms with Gasteiger partial charge in [0.15, 0.2) is 0 Å². The Labute approximate surface area is 186 Å². The molecule has 2 aromatic heterocycles.